The normalized spacial score (nSPS) is 28.4. The molecule has 1 aromatic rings. The second-order valence-electron chi connectivity index (χ2n) is 6.41. The SMILES string of the molecule is C[C@@H](NC(=O)COc1ccccc1F)[C@@H]1C[C@H]2CC[C@H]1C2. The van der Waals surface area contributed by atoms with Crippen molar-refractivity contribution < 1.29 is 13.9 Å². The number of carbonyl (C=O) groups is 1. The van der Waals surface area contributed by atoms with Crippen molar-refractivity contribution >= 4 is 5.91 Å². The number of rotatable bonds is 5. The maximum Gasteiger partial charge on any atom is 0.258 e. The molecule has 4 atom stereocenters. The number of carbonyl (C=O) groups excluding carboxylic acids is 1. The summed E-state index contributed by atoms with van der Waals surface area (Å²) < 4.78 is 18.6. The summed E-state index contributed by atoms with van der Waals surface area (Å²) in [7, 11) is 0. The number of halogens is 1. The standard InChI is InChI=1S/C17H22FNO2/c1-11(14-9-12-6-7-13(14)8-12)19-17(20)10-21-16-5-3-2-4-15(16)18/h2-5,11-14H,6-10H2,1H3,(H,19,20)/t11-,12+,13+,14+/m1/s1. The summed E-state index contributed by atoms with van der Waals surface area (Å²) >= 11 is 0. The third-order valence-corrected chi connectivity index (χ3v) is 5.02. The van der Waals surface area contributed by atoms with E-state index in [4.69, 9.17) is 4.74 Å². The summed E-state index contributed by atoms with van der Waals surface area (Å²) in [4.78, 5) is 11.9. The minimum absolute atomic E-state index is 0.125. The Labute approximate surface area is 124 Å². The Kier molecular flexibility index (Phi) is 4.13. The van der Waals surface area contributed by atoms with E-state index in [9.17, 15) is 9.18 Å². The molecule has 114 valence electrons. The van der Waals surface area contributed by atoms with Crippen LogP contribution in [0.1, 0.15) is 32.6 Å². The predicted octanol–water partition coefficient (Wildman–Crippen LogP) is 3.15. The molecule has 2 bridgehead atoms. The van der Waals surface area contributed by atoms with Gasteiger partial charge in [-0.15, -0.1) is 0 Å². The average Bonchev–Trinajstić information content (AvgIpc) is 3.09. The third-order valence-electron chi connectivity index (χ3n) is 5.02. The summed E-state index contributed by atoms with van der Waals surface area (Å²) in [6.45, 7) is 1.94. The van der Waals surface area contributed by atoms with Crippen molar-refractivity contribution in [2.75, 3.05) is 6.61 Å². The fourth-order valence-corrected chi connectivity index (χ4v) is 4.01. The Balaban J connectivity index is 1.47. The lowest BCUT2D eigenvalue weighted by atomic mass is 9.84. The van der Waals surface area contributed by atoms with Gasteiger partial charge in [0.1, 0.15) is 0 Å². The van der Waals surface area contributed by atoms with Crippen LogP contribution in [-0.2, 0) is 4.79 Å². The summed E-state index contributed by atoms with van der Waals surface area (Å²) in [5.74, 6) is 1.76. The first-order valence-electron chi connectivity index (χ1n) is 7.80. The zero-order valence-corrected chi connectivity index (χ0v) is 12.3. The number of amides is 1. The van der Waals surface area contributed by atoms with Gasteiger partial charge < -0.3 is 10.1 Å². The number of fused-ring (bicyclic) bond motifs is 2. The Morgan fingerprint density at radius 2 is 2.19 bits per heavy atom. The largest absolute Gasteiger partial charge is 0.481 e. The zero-order chi connectivity index (χ0) is 14.8. The number of ether oxygens (including phenoxy) is 1. The summed E-state index contributed by atoms with van der Waals surface area (Å²) in [6, 6.07) is 6.32. The molecule has 0 radical (unpaired) electrons. The molecule has 3 rings (SSSR count). The Morgan fingerprint density at radius 1 is 1.38 bits per heavy atom. The van der Waals surface area contributed by atoms with Gasteiger partial charge in [0.2, 0.25) is 0 Å². The van der Waals surface area contributed by atoms with Gasteiger partial charge in [-0.3, -0.25) is 4.79 Å². The third kappa shape index (κ3) is 3.20. The van der Waals surface area contributed by atoms with E-state index in [0.717, 1.165) is 11.8 Å². The molecule has 3 nitrogen and oxygen atoms in total. The molecule has 1 aromatic carbocycles. The molecule has 1 amide bonds. The average molecular weight is 291 g/mol. The van der Waals surface area contributed by atoms with E-state index in [1.807, 2.05) is 0 Å². The van der Waals surface area contributed by atoms with Crippen LogP contribution in [0.5, 0.6) is 5.75 Å². The van der Waals surface area contributed by atoms with Crippen molar-refractivity contribution in [3.05, 3.63) is 30.1 Å². The first-order valence-corrected chi connectivity index (χ1v) is 7.80. The van der Waals surface area contributed by atoms with Crippen molar-refractivity contribution in [1.82, 2.24) is 5.32 Å². The van der Waals surface area contributed by atoms with E-state index in [-0.39, 0.29) is 24.3 Å². The molecule has 2 aliphatic carbocycles. The number of nitrogens with one attached hydrogen (secondary N) is 1. The van der Waals surface area contributed by atoms with Crippen molar-refractivity contribution in [3.8, 4) is 5.75 Å². The fourth-order valence-electron chi connectivity index (χ4n) is 4.01. The van der Waals surface area contributed by atoms with Gasteiger partial charge >= 0.3 is 0 Å². The first kappa shape index (κ1) is 14.4. The Bertz CT molecular complexity index is 519. The Morgan fingerprint density at radius 3 is 2.86 bits per heavy atom. The lowest BCUT2D eigenvalue weighted by molar-refractivity contribution is -0.124. The molecule has 0 aromatic heterocycles. The molecule has 0 spiro atoms. The van der Waals surface area contributed by atoms with Gasteiger partial charge in [-0.05, 0) is 56.1 Å². The molecule has 2 saturated carbocycles. The van der Waals surface area contributed by atoms with Crippen LogP contribution in [-0.4, -0.2) is 18.6 Å². The molecule has 0 heterocycles. The minimum atomic E-state index is -0.438. The molecule has 1 N–H and O–H groups in total. The monoisotopic (exact) mass is 291 g/mol. The van der Waals surface area contributed by atoms with Crippen molar-refractivity contribution in [3.63, 3.8) is 0 Å². The van der Waals surface area contributed by atoms with Crippen LogP contribution in [0.25, 0.3) is 0 Å². The summed E-state index contributed by atoms with van der Waals surface area (Å²) in [6.07, 6.45) is 5.23. The molecule has 0 aliphatic heterocycles. The highest BCUT2D eigenvalue weighted by Crippen LogP contribution is 2.49. The maximum absolute atomic E-state index is 13.4. The van der Waals surface area contributed by atoms with Gasteiger partial charge in [-0.2, -0.15) is 0 Å². The van der Waals surface area contributed by atoms with Crippen molar-refractivity contribution in [2.24, 2.45) is 17.8 Å². The molecule has 4 heteroatoms. The maximum atomic E-state index is 13.4. The van der Waals surface area contributed by atoms with Crippen molar-refractivity contribution in [1.29, 1.82) is 0 Å². The lowest BCUT2D eigenvalue weighted by Crippen LogP contribution is -2.42. The summed E-state index contributed by atoms with van der Waals surface area (Å²) in [5, 5.41) is 3.01. The highest BCUT2D eigenvalue weighted by Gasteiger charge is 2.42. The first-order chi connectivity index (χ1) is 10.1. The van der Waals surface area contributed by atoms with E-state index in [1.54, 1.807) is 12.1 Å². The zero-order valence-electron chi connectivity index (χ0n) is 12.3. The quantitative estimate of drug-likeness (QED) is 0.905. The van der Waals surface area contributed by atoms with E-state index >= 15 is 0 Å². The minimum Gasteiger partial charge on any atom is -0.481 e. The fraction of sp³-hybridized carbons (Fsp3) is 0.588. The van der Waals surface area contributed by atoms with Crippen LogP contribution in [0.3, 0.4) is 0 Å². The topological polar surface area (TPSA) is 38.3 Å². The van der Waals surface area contributed by atoms with Crippen LogP contribution < -0.4 is 10.1 Å². The van der Waals surface area contributed by atoms with Gasteiger partial charge in [-0.1, -0.05) is 18.6 Å². The number of para-hydroxylation sites is 1. The molecule has 2 aliphatic rings. The Hall–Kier alpha value is -1.58. The second kappa shape index (κ2) is 6.04. The molecule has 0 unspecified atom stereocenters. The van der Waals surface area contributed by atoms with Gasteiger partial charge in [0, 0.05) is 6.04 Å². The second-order valence-corrected chi connectivity index (χ2v) is 6.41. The van der Waals surface area contributed by atoms with Crippen LogP contribution in [0.4, 0.5) is 4.39 Å². The highest BCUT2D eigenvalue weighted by molar-refractivity contribution is 5.77. The van der Waals surface area contributed by atoms with Crippen LogP contribution in [0.15, 0.2) is 24.3 Å². The summed E-state index contributed by atoms with van der Waals surface area (Å²) in [5.41, 5.74) is 0. The molecule has 2 fully saturated rings. The van der Waals surface area contributed by atoms with E-state index < -0.39 is 5.82 Å². The molecule has 0 saturated heterocycles. The van der Waals surface area contributed by atoms with E-state index in [1.165, 1.54) is 37.8 Å². The lowest BCUT2D eigenvalue weighted by Gasteiger charge is -2.28. The van der Waals surface area contributed by atoms with Crippen LogP contribution in [0.2, 0.25) is 0 Å². The van der Waals surface area contributed by atoms with E-state index in [2.05, 4.69) is 12.2 Å². The van der Waals surface area contributed by atoms with Crippen molar-refractivity contribution in [2.45, 2.75) is 38.6 Å². The van der Waals surface area contributed by atoms with Crippen LogP contribution >= 0.6 is 0 Å². The van der Waals surface area contributed by atoms with Gasteiger partial charge in [-0.25, -0.2) is 4.39 Å². The number of benzene rings is 1. The predicted molar refractivity (Wildman–Crippen MR) is 78.4 cm³/mol. The highest BCUT2D eigenvalue weighted by atomic mass is 19.1. The van der Waals surface area contributed by atoms with Gasteiger partial charge in [0.15, 0.2) is 18.2 Å². The smallest absolute Gasteiger partial charge is 0.258 e. The number of hydrogen-bond donors (Lipinski definition) is 1. The van der Waals surface area contributed by atoms with E-state index in [0.29, 0.717) is 5.92 Å². The molecule has 21 heavy (non-hydrogen) atoms. The van der Waals surface area contributed by atoms with Gasteiger partial charge in [0.25, 0.3) is 5.91 Å². The van der Waals surface area contributed by atoms with Crippen LogP contribution in [0, 0.1) is 23.6 Å². The molecular formula is C17H22FNO2. The van der Waals surface area contributed by atoms with Gasteiger partial charge in [0.05, 0.1) is 0 Å². The molecular weight excluding hydrogens is 269 g/mol. The number of hydrogen-bond acceptors (Lipinski definition) is 2.